The van der Waals surface area contributed by atoms with Crippen molar-refractivity contribution in [2.24, 2.45) is 5.92 Å². The zero-order valence-electron chi connectivity index (χ0n) is 11.7. The van der Waals surface area contributed by atoms with Crippen LogP contribution in [0.1, 0.15) is 34.8 Å². The molecule has 1 aromatic heterocycles. The molecule has 0 saturated carbocycles. The van der Waals surface area contributed by atoms with Gasteiger partial charge >= 0.3 is 0 Å². The first-order valence-electron chi connectivity index (χ1n) is 6.87. The van der Waals surface area contributed by atoms with Crippen molar-refractivity contribution < 1.29 is 0 Å². The average Bonchev–Trinajstić information content (AvgIpc) is 2.69. The van der Waals surface area contributed by atoms with Crippen molar-refractivity contribution in [3.8, 4) is 0 Å². The second-order valence-electron chi connectivity index (χ2n) is 5.23. The number of likely N-dealkylation sites (N-methyl/N-ethyl adjacent to an activating group) is 1. The van der Waals surface area contributed by atoms with Crippen LogP contribution in [-0.4, -0.2) is 29.6 Å². The Morgan fingerprint density at radius 2 is 2.06 bits per heavy atom. The summed E-state index contributed by atoms with van der Waals surface area (Å²) in [7, 11) is 2.09. The second kappa shape index (κ2) is 6.92. The van der Waals surface area contributed by atoms with Gasteiger partial charge in [0.15, 0.2) is 0 Å². The zero-order chi connectivity index (χ0) is 13.0. The molecule has 2 nitrogen and oxygen atoms in total. The smallest absolute Gasteiger partial charge is 0.0946 e. The summed E-state index contributed by atoms with van der Waals surface area (Å²) in [4.78, 5) is 6.03. The molecule has 0 radical (unpaired) electrons. The van der Waals surface area contributed by atoms with E-state index in [2.05, 4.69) is 43.0 Å². The molecule has 2 heterocycles. The van der Waals surface area contributed by atoms with Crippen molar-refractivity contribution >= 4 is 23.1 Å². The summed E-state index contributed by atoms with van der Waals surface area (Å²) in [5.41, 5.74) is 1.21. The van der Waals surface area contributed by atoms with Gasteiger partial charge in [0.2, 0.25) is 0 Å². The Balaban J connectivity index is 1.88. The van der Waals surface area contributed by atoms with Gasteiger partial charge in [0.1, 0.15) is 0 Å². The lowest BCUT2D eigenvalue weighted by atomic mass is 9.93. The highest BCUT2D eigenvalue weighted by Gasteiger charge is 2.19. The zero-order valence-corrected chi connectivity index (χ0v) is 13.3. The maximum Gasteiger partial charge on any atom is 0.0946 e. The number of nitrogens with zero attached hydrogens (tertiary/aromatic N) is 1. The van der Waals surface area contributed by atoms with Gasteiger partial charge in [-0.2, -0.15) is 11.8 Å². The first-order valence-corrected chi connectivity index (χ1v) is 8.84. The minimum Gasteiger partial charge on any atom is -0.317 e. The molecule has 0 bridgehead atoms. The maximum atomic E-state index is 4.67. The quantitative estimate of drug-likeness (QED) is 0.897. The highest BCUT2D eigenvalue weighted by atomic mass is 32.2. The third-order valence-corrected chi connectivity index (χ3v) is 6.00. The van der Waals surface area contributed by atoms with Gasteiger partial charge in [0.05, 0.1) is 10.7 Å². The van der Waals surface area contributed by atoms with Gasteiger partial charge in [-0.05, 0) is 57.6 Å². The summed E-state index contributed by atoms with van der Waals surface area (Å²) in [6.45, 7) is 4.28. The van der Waals surface area contributed by atoms with Crippen LogP contribution in [0.4, 0.5) is 0 Å². The summed E-state index contributed by atoms with van der Waals surface area (Å²) < 4.78 is 0. The van der Waals surface area contributed by atoms with E-state index in [0.29, 0.717) is 6.04 Å². The Hall–Kier alpha value is -0.0600. The Morgan fingerprint density at radius 1 is 1.33 bits per heavy atom. The standard InChI is InChI=1S/C14H24N2S2/c1-10-11(2)18-14(16-10)9-13(15-3)8-12-4-6-17-7-5-12/h12-13,15H,4-9H2,1-3H3. The number of aryl methyl sites for hydroxylation is 2. The molecule has 1 atom stereocenters. The molecule has 1 saturated heterocycles. The van der Waals surface area contributed by atoms with Crippen molar-refractivity contribution in [2.45, 2.75) is 45.6 Å². The topological polar surface area (TPSA) is 24.9 Å². The van der Waals surface area contributed by atoms with E-state index in [1.165, 1.54) is 46.3 Å². The van der Waals surface area contributed by atoms with E-state index in [1.54, 1.807) is 0 Å². The fourth-order valence-corrected chi connectivity index (χ4v) is 4.74. The van der Waals surface area contributed by atoms with Crippen LogP contribution in [0, 0.1) is 19.8 Å². The van der Waals surface area contributed by atoms with Crippen LogP contribution in [-0.2, 0) is 6.42 Å². The molecular formula is C14H24N2S2. The summed E-state index contributed by atoms with van der Waals surface area (Å²) in [6, 6.07) is 0.600. The number of aromatic nitrogens is 1. The van der Waals surface area contributed by atoms with Gasteiger partial charge in [0, 0.05) is 17.3 Å². The minimum absolute atomic E-state index is 0.600. The third-order valence-electron chi connectivity index (χ3n) is 3.86. The Labute approximate surface area is 119 Å². The molecule has 2 rings (SSSR count). The lowest BCUT2D eigenvalue weighted by Gasteiger charge is -2.25. The van der Waals surface area contributed by atoms with Gasteiger partial charge in [-0.25, -0.2) is 4.98 Å². The Morgan fingerprint density at radius 3 is 2.61 bits per heavy atom. The molecule has 1 aromatic rings. The molecule has 18 heavy (non-hydrogen) atoms. The monoisotopic (exact) mass is 284 g/mol. The normalized spacial score (nSPS) is 19.1. The number of hydrogen-bond acceptors (Lipinski definition) is 4. The molecule has 0 amide bonds. The molecular weight excluding hydrogens is 260 g/mol. The van der Waals surface area contributed by atoms with Gasteiger partial charge in [0.25, 0.3) is 0 Å². The number of nitrogens with one attached hydrogen (secondary N) is 1. The van der Waals surface area contributed by atoms with Crippen LogP contribution in [0.25, 0.3) is 0 Å². The maximum absolute atomic E-state index is 4.67. The first kappa shape index (κ1) is 14.4. The second-order valence-corrected chi connectivity index (χ2v) is 7.74. The van der Waals surface area contributed by atoms with E-state index in [4.69, 9.17) is 0 Å². The highest BCUT2D eigenvalue weighted by Crippen LogP contribution is 2.27. The summed E-state index contributed by atoms with van der Waals surface area (Å²) in [5, 5.41) is 4.79. The summed E-state index contributed by atoms with van der Waals surface area (Å²) >= 11 is 3.98. The predicted octanol–water partition coefficient (Wildman–Crippen LogP) is 3.42. The van der Waals surface area contributed by atoms with Crippen molar-refractivity contribution in [1.82, 2.24) is 10.3 Å². The van der Waals surface area contributed by atoms with Crippen LogP contribution in [0.15, 0.2) is 0 Å². The number of hydrogen-bond donors (Lipinski definition) is 1. The van der Waals surface area contributed by atoms with E-state index in [9.17, 15) is 0 Å². The molecule has 4 heteroatoms. The Kier molecular flexibility index (Phi) is 5.52. The Bertz CT molecular complexity index is 350. The number of thiazole rings is 1. The van der Waals surface area contributed by atoms with Gasteiger partial charge < -0.3 is 5.32 Å². The average molecular weight is 284 g/mol. The van der Waals surface area contributed by atoms with Crippen LogP contribution in [0.2, 0.25) is 0 Å². The molecule has 1 unspecified atom stereocenters. The number of thioether (sulfide) groups is 1. The minimum atomic E-state index is 0.600. The molecule has 0 aromatic carbocycles. The van der Waals surface area contributed by atoms with E-state index in [1.807, 2.05) is 11.3 Å². The predicted molar refractivity (Wildman–Crippen MR) is 82.8 cm³/mol. The van der Waals surface area contributed by atoms with Crippen molar-refractivity contribution in [3.63, 3.8) is 0 Å². The highest BCUT2D eigenvalue weighted by molar-refractivity contribution is 7.99. The molecule has 1 N–H and O–H groups in total. The largest absolute Gasteiger partial charge is 0.317 e. The SMILES string of the molecule is CNC(Cc1nc(C)c(C)s1)CC1CCSCC1. The molecule has 1 fully saturated rings. The molecule has 102 valence electrons. The lowest BCUT2D eigenvalue weighted by Crippen LogP contribution is -2.31. The fourth-order valence-electron chi connectivity index (χ4n) is 2.52. The van der Waals surface area contributed by atoms with E-state index >= 15 is 0 Å². The van der Waals surface area contributed by atoms with Crippen LogP contribution in [0.3, 0.4) is 0 Å². The molecule has 0 aliphatic carbocycles. The molecule has 1 aliphatic rings. The van der Waals surface area contributed by atoms with Gasteiger partial charge in [-0.3, -0.25) is 0 Å². The van der Waals surface area contributed by atoms with Gasteiger partial charge in [-0.1, -0.05) is 0 Å². The summed E-state index contributed by atoms with van der Waals surface area (Å²) in [6.07, 6.45) is 5.21. The lowest BCUT2D eigenvalue weighted by molar-refractivity contribution is 0.376. The van der Waals surface area contributed by atoms with E-state index < -0.39 is 0 Å². The van der Waals surface area contributed by atoms with Crippen molar-refractivity contribution in [2.75, 3.05) is 18.6 Å². The van der Waals surface area contributed by atoms with Crippen molar-refractivity contribution in [1.29, 1.82) is 0 Å². The molecule has 1 aliphatic heterocycles. The van der Waals surface area contributed by atoms with Crippen molar-refractivity contribution in [3.05, 3.63) is 15.6 Å². The molecule has 0 spiro atoms. The summed E-state index contributed by atoms with van der Waals surface area (Å²) in [5.74, 6) is 3.64. The number of rotatable bonds is 5. The van der Waals surface area contributed by atoms with E-state index in [-0.39, 0.29) is 0 Å². The van der Waals surface area contributed by atoms with Gasteiger partial charge in [-0.15, -0.1) is 11.3 Å². The third kappa shape index (κ3) is 3.97. The fraction of sp³-hybridized carbons (Fsp3) is 0.786. The van der Waals surface area contributed by atoms with Crippen LogP contribution in [0.5, 0.6) is 0 Å². The van der Waals surface area contributed by atoms with E-state index in [0.717, 1.165) is 12.3 Å². The van der Waals surface area contributed by atoms with Crippen LogP contribution >= 0.6 is 23.1 Å². The first-order chi connectivity index (χ1) is 8.69. The van der Waals surface area contributed by atoms with Crippen LogP contribution < -0.4 is 5.32 Å².